The molecule has 0 aromatic heterocycles. The van der Waals surface area contributed by atoms with E-state index in [9.17, 15) is 0 Å². The van der Waals surface area contributed by atoms with Crippen molar-refractivity contribution in [1.82, 2.24) is 0 Å². The molecule has 0 N–H and O–H groups in total. The lowest BCUT2D eigenvalue weighted by Gasteiger charge is -2.35. The van der Waals surface area contributed by atoms with Crippen molar-refractivity contribution >= 4 is 11.8 Å². The van der Waals surface area contributed by atoms with Crippen LogP contribution < -0.4 is 0 Å². The zero-order valence-corrected chi connectivity index (χ0v) is 9.31. The molecule has 0 aromatic rings. The standard InChI is InChI=1S/C12H18S/c1-3-4-8(2)7-10-9-5-6-12(10)11(9)13-12/h5-6,8-11H,3-4,7H2,1-2H3. The zero-order valence-electron chi connectivity index (χ0n) is 8.49. The quantitative estimate of drug-likeness (QED) is 0.488. The Labute approximate surface area is 85.2 Å². The molecule has 0 radical (unpaired) electrons. The second-order valence-electron chi connectivity index (χ2n) is 5.06. The van der Waals surface area contributed by atoms with Crippen molar-refractivity contribution in [1.29, 1.82) is 0 Å². The Bertz CT molecular complexity index is 258. The zero-order chi connectivity index (χ0) is 9.05. The second-order valence-corrected chi connectivity index (χ2v) is 6.52. The number of thioether (sulfide) groups is 1. The summed E-state index contributed by atoms with van der Waals surface area (Å²) in [6, 6.07) is 0. The Morgan fingerprint density at radius 2 is 2.38 bits per heavy atom. The van der Waals surface area contributed by atoms with Crippen LogP contribution in [0.3, 0.4) is 0 Å². The van der Waals surface area contributed by atoms with Crippen LogP contribution in [0.1, 0.15) is 33.1 Å². The maximum absolute atomic E-state index is 2.51. The van der Waals surface area contributed by atoms with Gasteiger partial charge in [-0.2, -0.15) is 0 Å². The molecule has 1 spiro atoms. The van der Waals surface area contributed by atoms with E-state index in [0.717, 1.165) is 23.0 Å². The number of rotatable bonds is 4. The lowest BCUT2D eigenvalue weighted by atomic mass is 9.67. The minimum Gasteiger partial charge on any atom is -0.144 e. The highest BCUT2D eigenvalue weighted by Crippen LogP contribution is 2.79. The van der Waals surface area contributed by atoms with Crippen molar-refractivity contribution in [3.63, 3.8) is 0 Å². The topological polar surface area (TPSA) is 0 Å². The van der Waals surface area contributed by atoms with E-state index >= 15 is 0 Å². The van der Waals surface area contributed by atoms with E-state index in [1.165, 1.54) is 19.3 Å². The molecule has 0 amide bonds. The maximum Gasteiger partial charge on any atom is 0.0501 e. The predicted octanol–water partition coefficient (Wildman–Crippen LogP) is 3.48. The van der Waals surface area contributed by atoms with Gasteiger partial charge in [0.2, 0.25) is 0 Å². The molecule has 2 fully saturated rings. The van der Waals surface area contributed by atoms with Gasteiger partial charge in [-0.15, -0.1) is 11.8 Å². The van der Waals surface area contributed by atoms with Crippen LogP contribution in [0.2, 0.25) is 0 Å². The van der Waals surface area contributed by atoms with Gasteiger partial charge < -0.3 is 0 Å². The predicted molar refractivity (Wildman–Crippen MR) is 58.9 cm³/mol. The third-order valence-corrected chi connectivity index (χ3v) is 5.93. The van der Waals surface area contributed by atoms with Crippen LogP contribution in [0.25, 0.3) is 0 Å². The molecule has 5 atom stereocenters. The molecule has 5 unspecified atom stereocenters. The molecule has 2 bridgehead atoms. The van der Waals surface area contributed by atoms with Crippen LogP contribution >= 0.6 is 11.8 Å². The molecule has 1 saturated heterocycles. The first-order valence-corrected chi connectivity index (χ1v) is 6.53. The van der Waals surface area contributed by atoms with Gasteiger partial charge in [-0.3, -0.25) is 0 Å². The van der Waals surface area contributed by atoms with E-state index in [1.54, 1.807) is 0 Å². The van der Waals surface area contributed by atoms with E-state index in [-0.39, 0.29) is 0 Å². The molecule has 0 nitrogen and oxygen atoms in total. The molecular formula is C12H18S. The van der Waals surface area contributed by atoms with E-state index in [2.05, 4.69) is 37.8 Å². The smallest absolute Gasteiger partial charge is 0.0501 e. The average molecular weight is 194 g/mol. The minimum atomic E-state index is 0.687. The second kappa shape index (κ2) is 2.56. The Morgan fingerprint density at radius 1 is 1.54 bits per heavy atom. The van der Waals surface area contributed by atoms with Crippen LogP contribution in [0.4, 0.5) is 0 Å². The van der Waals surface area contributed by atoms with Crippen molar-refractivity contribution in [3.8, 4) is 0 Å². The van der Waals surface area contributed by atoms with Gasteiger partial charge in [0.25, 0.3) is 0 Å². The van der Waals surface area contributed by atoms with Gasteiger partial charge in [0.15, 0.2) is 0 Å². The fourth-order valence-electron chi connectivity index (χ4n) is 3.40. The average Bonchev–Trinajstić information content (AvgIpc) is 2.46. The summed E-state index contributed by atoms with van der Waals surface area (Å²) in [5, 5.41) is 1.03. The summed E-state index contributed by atoms with van der Waals surface area (Å²) in [5.74, 6) is 2.96. The van der Waals surface area contributed by atoms with E-state index < -0.39 is 0 Å². The van der Waals surface area contributed by atoms with Gasteiger partial charge >= 0.3 is 0 Å². The Hall–Kier alpha value is 0.0900. The van der Waals surface area contributed by atoms with Crippen LogP contribution in [-0.2, 0) is 0 Å². The summed E-state index contributed by atoms with van der Waals surface area (Å²) in [6.07, 6.45) is 9.26. The van der Waals surface area contributed by atoms with Gasteiger partial charge in [-0.1, -0.05) is 38.8 Å². The largest absolute Gasteiger partial charge is 0.144 e. The maximum atomic E-state index is 2.51. The molecule has 4 aliphatic rings. The summed E-state index contributed by atoms with van der Waals surface area (Å²) in [4.78, 5) is 0. The molecule has 4 rings (SSSR count). The first kappa shape index (κ1) is 8.40. The number of allylic oxidation sites excluding steroid dienone is 1. The Kier molecular flexibility index (Phi) is 1.66. The molecule has 13 heavy (non-hydrogen) atoms. The summed E-state index contributed by atoms with van der Waals surface area (Å²) >= 11 is 2.24. The first-order chi connectivity index (χ1) is 6.28. The molecular weight excluding hydrogens is 176 g/mol. The summed E-state index contributed by atoms with van der Waals surface area (Å²) < 4.78 is 0.687. The molecule has 0 aromatic carbocycles. The highest BCUT2D eigenvalue weighted by Gasteiger charge is 2.75. The Balaban J connectivity index is 1.59. The van der Waals surface area contributed by atoms with Crippen molar-refractivity contribution in [2.75, 3.05) is 0 Å². The molecule has 1 heterocycles. The van der Waals surface area contributed by atoms with Crippen LogP contribution in [-0.4, -0.2) is 10.00 Å². The first-order valence-electron chi connectivity index (χ1n) is 5.65. The van der Waals surface area contributed by atoms with Crippen molar-refractivity contribution in [2.45, 2.75) is 43.1 Å². The van der Waals surface area contributed by atoms with Gasteiger partial charge in [0.1, 0.15) is 0 Å². The number of hydrogen-bond donors (Lipinski definition) is 0. The monoisotopic (exact) mass is 194 g/mol. The molecule has 72 valence electrons. The van der Waals surface area contributed by atoms with Crippen LogP contribution in [0, 0.1) is 17.8 Å². The molecule has 1 heteroatoms. The van der Waals surface area contributed by atoms with Crippen molar-refractivity contribution in [2.24, 2.45) is 17.8 Å². The molecule has 1 saturated carbocycles. The lowest BCUT2D eigenvalue weighted by molar-refractivity contribution is 0.218. The van der Waals surface area contributed by atoms with E-state index in [0.29, 0.717) is 4.75 Å². The third kappa shape index (κ3) is 0.945. The third-order valence-electron chi connectivity index (χ3n) is 4.13. The van der Waals surface area contributed by atoms with Gasteiger partial charge in [-0.05, 0) is 24.2 Å². The highest BCUT2D eigenvalue weighted by atomic mass is 32.2. The van der Waals surface area contributed by atoms with Gasteiger partial charge in [0.05, 0.1) is 4.75 Å². The SMILES string of the molecule is CCCC(C)CC1C2C=CC13SC23. The van der Waals surface area contributed by atoms with E-state index in [4.69, 9.17) is 0 Å². The number of hydrogen-bond acceptors (Lipinski definition) is 1. The summed E-state index contributed by atoms with van der Waals surface area (Å²) in [5.41, 5.74) is 0. The van der Waals surface area contributed by atoms with Gasteiger partial charge in [-0.25, -0.2) is 0 Å². The normalized spacial score (nSPS) is 51.4. The van der Waals surface area contributed by atoms with Crippen LogP contribution in [0.5, 0.6) is 0 Å². The lowest BCUT2D eigenvalue weighted by Crippen LogP contribution is -2.40. The fraction of sp³-hybridized carbons (Fsp3) is 0.833. The minimum absolute atomic E-state index is 0.687. The summed E-state index contributed by atoms with van der Waals surface area (Å²) in [6.45, 7) is 4.73. The Morgan fingerprint density at radius 3 is 2.85 bits per heavy atom. The molecule has 1 aliphatic heterocycles. The fourth-order valence-corrected chi connectivity index (χ4v) is 5.20. The van der Waals surface area contributed by atoms with E-state index in [1.807, 2.05) is 0 Å². The highest BCUT2D eigenvalue weighted by molar-refractivity contribution is 8.09. The van der Waals surface area contributed by atoms with Crippen LogP contribution in [0.15, 0.2) is 12.2 Å². The summed E-state index contributed by atoms with van der Waals surface area (Å²) in [7, 11) is 0. The van der Waals surface area contributed by atoms with Crippen molar-refractivity contribution in [3.05, 3.63) is 12.2 Å². The van der Waals surface area contributed by atoms with Gasteiger partial charge in [0, 0.05) is 5.25 Å². The van der Waals surface area contributed by atoms with Crippen molar-refractivity contribution < 1.29 is 0 Å². The molecule has 3 aliphatic carbocycles.